The lowest BCUT2D eigenvalue weighted by Gasteiger charge is -2.15. The van der Waals surface area contributed by atoms with E-state index in [2.05, 4.69) is 15.6 Å². The molecule has 0 unspecified atom stereocenters. The first-order chi connectivity index (χ1) is 10.6. The van der Waals surface area contributed by atoms with Gasteiger partial charge in [-0.15, -0.1) is 0 Å². The van der Waals surface area contributed by atoms with Gasteiger partial charge in [0, 0.05) is 46.2 Å². The van der Waals surface area contributed by atoms with E-state index in [0.717, 1.165) is 11.3 Å². The number of guanidine groups is 1. The predicted octanol–water partition coefficient (Wildman–Crippen LogP) is 1.23. The third-order valence-electron chi connectivity index (χ3n) is 3.07. The van der Waals surface area contributed by atoms with E-state index in [9.17, 15) is 4.79 Å². The molecule has 0 aliphatic rings. The standard InChI is InChI=1S/C16H26N4O2/c1-5-22-14-9-7-6-8-13(14)12-19-16(17-2)18-11-10-15(21)20(3)4/h6-9H,5,10-12H2,1-4H3,(H2,17,18,19). The Balaban J connectivity index is 2.46. The van der Waals surface area contributed by atoms with Gasteiger partial charge in [0.05, 0.1) is 6.61 Å². The molecule has 0 heterocycles. The zero-order valence-corrected chi connectivity index (χ0v) is 13.8. The maximum atomic E-state index is 11.5. The van der Waals surface area contributed by atoms with Crippen molar-refractivity contribution < 1.29 is 9.53 Å². The second-order valence-electron chi connectivity index (χ2n) is 4.93. The molecule has 0 aromatic heterocycles. The molecule has 1 rings (SSSR count). The van der Waals surface area contributed by atoms with Crippen molar-refractivity contribution >= 4 is 11.9 Å². The van der Waals surface area contributed by atoms with Gasteiger partial charge in [-0.3, -0.25) is 9.79 Å². The summed E-state index contributed by atoms with van der Waals surface area (Å²) in [7, 11) is 5.21. The van der Waals surface area contributed by atoms with Gasteiger partial charge in [0.15, 0.2) is 5.96 Å². The van der Waals surface area contributed by atoms with Gasteiger partial charge in [-0.25, -0.2) is 0 Å². The molecule has 0 atom stereocenters. The fourth-order valence-corrected chi connectivity index (χ4v) is 1.86. The third-order valence-corrected chi connectivity index (χ3v) is 3.07. The topological polar surface area (TPSA) is 66.0 Å². The highest BCUT2D eigenvalue weighted by molar-refractivity contribution is 5.81. The van der Waals surface area contributed by atoms with Crippen molar-refractivity contribution in [3.63, 3.8) is 0 Å². The third kappa shape index (κ3) is 6.03. The summed E-state index contributed by atoms with van der Waals surface area (Å²) >= 11 is 0. The van der Waals surface area contributed by atoms with Crippen LogP contribution in [0.1, 0.15) is 18.9 Å². The van der Waals surface area contributed by atoms with Crippen LogP contribution in [0.15, 0.2) is 29.3 Å². The van der Waals surface area contributed by atoms with Crippen molar-refractivity contribution in [2.45, 2.75) is 19.9 Å². The number of rotatable bonds is 7. The van der Waals surface area contributed by atoms with Crippen LogP contribution in [0.3, 0.4) is 0 Å². The smallest absolute Gasteiger partial charge is 0.223 e. The molecular weight excluding hydrogens is 280 g/mol. The van der Waals surface area contributed by atoms with Crippen LogP contribution < -0.4 is 15.4 Å². The molecule has 0 aliphatic carbocycles. The summed E-state index contributed by atoms with van der Waals surface area (Å²) in [5.74, 6) is 1.62. The van der Waals surface area contributed by atoms with E-state index in [-0.39, 0.29) is 5.91 Å². The minimum absolute atomic E-state index is 0.0876. The molecule has 0 aliphatic heterocycles. The molecule has 1 aromatic rings. The van der Waals surface area contributed by atoms with E-state index < -0.39 is 0 Å². The fourth-order valence-electron chi connectivity index (χ4n) is 1.86. The fraction of sp³-hybridized carbons (Fsp3) is 0.500. The highest BCUT2D eigenvalue weighted by atomic mass is 16.5. The Hall–Kier alpha value is -2.24. The predicted molar refractivity (Wildman–Crippen MR) is 89.1 cm³/mol. The molecule has 22 heavy (non-hydrogen) atoms. The molecule has 0 radical (unpaired) electrons. The summed E-state index contributed by atoms with van der Waals surface area (Å²) < 4.78 is 5.59. The number of carbonyl (C=O) groups excluding carboxylic acids is 1. The van der Waals surface area contributed by atoms with Crippen LogP contribution in [0.4, 0.5) is 0 Å². The Kier molecular flexibility index (Phi) is 7.81. The van der Waals surface area contributed by atoms with Crippen LogP contribution in [0.2, 0.25) is 0 Å². The van der Waals surface area contributed by atoms with E-state index in [1.165, 1.54) is 0 Å². The summed E-state index contributed by atoms with van der Waals surface area (Å²) in [5, 5.41) is 6.35. The Bertz CT molecular complexity index is 501. The Labute approximate surface area is 132 Å². The zero-order chi connectivity index (χ0) is 16.4. The van der Waals surface area contributed by atoms with Crippen molar-refractivity contribution in [3.8, 4) is 5.75 Å². The van der Waals surface area contributed by atoms with Crippen LogP contribution >= 0.6 is 0 Å². The van der Waals surface area contributed by atoms with Gasteiger partial charge < -0.3 is 20.3 Å². The second kappa shape index (κ2) is 9.65. The molecule has 2 N–H and O–H groups in total. The van der Waals surface area contributed by atoms with Gasteiger partial charge in [0.2, 0.25) is 5.91 Å². The minimum Gasteiger partial charge on any atom is -0.494 e. The normalized spacial score (nSPS) is 11.0. The number of ether oxygens (including phenoxy) is 1. The summed E-state index contributed by atoms with van der Waals surface area (Å²) in [6, 6.07) is 7.90. The number of nitrogens with one attached hydrogen (secondary N) is 2. The summed E-state index contributed by atoms with van der Waals surface area (Å²) in [4.78, 5) is 17.2. The van der Waals surface area contributed by atoms with Gasteiger partial charge in [-0.2, -0.15) is 0 Å². The molecular formula is C16H26N4O2. The van der Waals surface area contributed by atoms with Gasteiger partial charge in [-0.05, 0) is 13.0 Å². The van der Waals surface area contributed by atoms with E-state index in [1.807, 2.05) is 31.2 Å². The Morgan fingerprint density at radius 3 is 2.64 bits per heavy atom. The molecule has 6 heteroatoms. The Morgan fingerprint density at radius 1 is 1.27 bits per heavy atom. The lowest BCUT2D eigenvalue weighted by Crippen LogP contribution is -2.38. The first-order valence-corrected chi connectivity index (χ1v) is 7.43. The van der Waals surface area contributed by atoms with Crippen LogP contribution in [-0.4, -0.2) is 51.1 Å². The molecule has 0 saturated heterocycles. The Morgan fingerprint density at radius 2 is 2.00 bits per heavy atom. The van der Waals surface area contributed by atoms with Crippen molar-refractivity contribution in [3.05, 3.63) is 29.8 Å². The molecule has 0 spiro atoms. The van der Waals surface area contributed by atoms with Gasteiger partial charge in [0.1, 0.15) is 5.75 Å². The number of hydrogen-bond acceptors (Lipinski definition) is 3. The summed E-state index contributed by atoms with van der Waals surface area (Å²) in [5.41, 5.74) is 1.07. The molecule has 1 aromatic carbocycles. The largest absolute Gasteiger partial charge is 0.494 e. The average molecular weight is 306 g/mol. The number of carbonyl (C=O) groups is 1. The second-order valence-corrected chi connectivity index (χ2v) is 4.93. The number of para-hydroxylation sites is 1. The monoisotopic (exact) mass is 306 g/mol. The quantitative estimate of drug-likeness (QED) is 0.587. The molecule has 122 valence electrons. The SMILES string of the molecule is CCOc1ccccc1CNC(=NC)NCCC(=O)N(C)C. The average Bonchev–Trinajstić information content (AvgIpc) is 2.51. The lowest BCUT2D eigenvalue weighted by atomic mass is 10.2. The van der Waals surface area contributed by atoms with Crippen molar-refractivity contribution in [2.24, 2.45) is 4.99 Å². The maximum Gasteiger partial charge on any atom is 0.223 e. The highest BCUT2D eigenvalue weighted by Gasteiger charge is 2.06. The summed E-state index contributed by atoms with van der Waals surface area (Å²) in [6.07, 6.45) is 0.434. The molecule has 0 saturated carbocycles. The number of benzene rings is 1. The van der Waals surface area contributed by atoms with Crippen LogP contribution in [0.5, 0.6) is 5.75 Å². The van der Waals surface area contributed by atoms with Crippen molar-refractivity contribution in [1.82, 2.24) is 15.5 Å². The van der Waals surface area contributed by atoms with Crippen molar-refractivity contribution in [1.29, 1.82) is 0 Å². The van der Waals surface area contributed by atoms with Crippen molar-refractivity contribution in [2.75, 3.05) is 34.3 Å². The minimum atomic E-state index is 0.0876. The van der Waals surface area contributed by atoms with Crippen LogP contribution in [0, 0.1) is 0 Å². The van der Waals surface area contributed by atoms with Crippen LogP contribution in [0.25, 0.3) is 0 Å². The lowest BCUT2D eigenvalue weighted by molar-refractivity contribution is -0.128. The maximum absolute atomic E-state index is 11.5. The highest BCUT2D eigenvalue weighted by Crippen LogP contribution is 2.17. The number of hydrogen-bond donors (Lipinski definition) is 2. The van der Waals surface area contributed by atoms with E-state index in [0.29, 0.717) is 32.1 Å². The summed E-state index contributed by atoms with van der Waals surface area (Å²) in [6.45, 7) is 3.75. The molecule has 6 nitrogen and oxygen atoms in total. The van der Waals surface area contributed by atoms with E-state index >= 15 is 0 Å². The van der Waals surface area contributed by atoms with E-state index in [1.54, 1.807) is 26.0 Å². The molecule has 0 fully saturated rings. The van der Waals surface area contributed by atoms with Gasteiger partial charge in [0.25, 0.3) is 0 Å². The number of amides is 1. The number of aliphatic imine (C=N–C) groups is 1. The van der Waals surface area contributed by atoms with E-state index in [4.69, 9.17) is 4.74 Å². The molecule has 0 bridgehead atoms. The van der Waals surface area contributed by atoms with Gasteiger partial charge >= 0.3 is 0 Å². The zero-order valence-electron chi connectivity index (χ0n) is 13.8. The number of nitrogens with zero attached hydrogens (tertiary/aromatic N) is 2. The molecule has 1 amide bonds. The van der Waals surface area contributed by atoms with Gasteiger partial charge in [-0.1, -0.05) is 18.2 Å². The first kappa shape index (κ1) is 17.8. The van der Waals surface area contributed by atoms with Crippen LogP contribution in [-0.2, 0) is 11.3 Å². The first-order valence-electron chi connectivity index (χ1n) is 7.43.